The van der Waals surface area contributed by atoms with Gasteiger partial charge in [-0.25, -0.2) is 0 Å². The molecule has 11 heavy (non-hydrogen) atoms. The molecule has 0 aromatic carbocycles. The van der Waals surface area contributed by atoms with E-state index in [9.17, 15) is 0 Å². The molecule has 0 aromatic rings. The van der Waals surface area contributed by atoms with E-state index in [1.807, 2.05) is 0 Å². The monoisotopic (exact) mass is 187 g/mol. The largest absolute Gasteiger partial charge is 0.327 e. The summed E-state index contributed by atoms with van der Waals surface area (Å²) in [7, 11) is -0.0360. The highest BCUT2D eigenvalue weighted by Crippen LogP contribution is 2.21. The molecule has 1 heterocycles. The first-order chi connectivity index (χ1) is 5.11. The fraction of sp³-hybridized carbons (Fsp3) is 1.00. The van der Waals surface area contributed by atoms with E-state index >= 15 is 0 Å². The van der Waals surface area contributed by atoms with Crippen LogP contribution >= 0.6 is 0 Å². The number of hydrogen-bond acceptors (Lipinski definition) is 1. The maximum Gasteiger partial charge on any atom is 0.0834 e. The molecule has 0 bridgehead atoms. The topological polar surface area (TPSA) is 3.24 Å². The zero-order valence-corrected chi connectivity index (χ0v) is 10.9. The summed E-state index contributed by atoms with van der Waals surface area (Å²) in [5.41, 5.74) is 0. The van der Waals surface area contributed by atoms with Crippen LogP contribution in [0.3, 0.4) is 0 Å². The van der Waals surface area contributed by atoms with Crippen LogP contribution in [0.15, 0.2) is 0 Å². The highest BCUT2D eigenvalue weighted by Gasteiger charge is 2.27. The summed E-state index contributed by atoms with van der Waals surface area (Å²) in [6.07, 6.45) is 2.91. The lowest BCUT2D eigenvalue weighted by atomic mass is 10.2. The predicted octanol–water partition coefficient (Wildman–Crippen LogP) is 0.926. The Balaban J connectivity index is 2.41. The Morgan fingerprint density at radius 2 is 1.64 bits per heavy atom. The Labute approximate surface area is 74.5 Å². The van der Waals surface area contributed by atoms with Crippen molar-refractivity contribution in [2.45, 2.75) is 51.9 Å². The minimum absolute atomic E-state index is 0.200. The molecule has 3 heteroatoms. The summed E-state index contributed by atoms with van der Waals surface area (Å²) >= 11 is 0. The average Bonchev–Trinajstić information content (AvgIpc) is 2.18. The third kappa shape index (κ3) is 2.42. The van der Waals surface area contributed by atoms with E-state index in [0.29, 0.717) is 0 Å². The van der Waals surface area contributed by atoms with Crippen molar-refractivity contribution in [1.82, 2.24) is 4.57 Å². The minimum atomic E-state index is -0.236. The summed E-state index contributed by atoms with van der Waals surface area (Å²) in [5, 5.41) is 0. The van der Waals surface area contributed by atoms with E-state index in [0.717, 1.165) is 12.1 Å². The second-order valence-corrected chi connectivity index (χ2v) is 14.2. The molecular formula is C8H21NSi2. The van der Waals surface area contributed by atoms with Gasteiger partial charge in [-0.2, -0.15) is 0 Å². The van der Waals surface area contributed by atoms with Gasteiger partial charge in [0.25, 0.3) is 0 Å². The first-order valence-corrected chi connectivity index (χ1v) is 11.1. The highest BCUT2D eigenvalue weighted by atomic mass is 29.2. The molecule has 1 aliphatic rings. The van der Waals surface area contributed by atoms with Crippen molar-refractivity contribution < 1.29 is 0 Å². The molecule has 1 saturated heterocycles. The van der Waals surface area contributed by atoms with Crippen molar-refractivity contribution >= 4 is 17.5 Å². The van der Waals surface area contributed by atoms with Crippen LogP contribution in [0.5, 0.6) is 0 Å². The zero-order chi connectivity index (χ0) is 8.43. The van der Waals surface area contributed by atoms with Gasteiger partial charge in [-0.05, 0) is 24.9 Å². The Morgan fingerprint density at radius 3 is 2.00 bits per heavy atom. The van der Waals surface area contributed by atoms with Crippen LogP contribution in [0.25, 0.3) is 0 Å². The lowest BCUT2D eigenvalue weighted by Gasteiger charge is -2.27. The first-order valence-electron chi connectivity index (χ1n) is 4.87. The van der Waals surface area contributed by atoms with E-state index in [1.165, 1.54) is 12.8 Å². The Morgan fingerprint density at radius 1 is 1.18 bits per heavy atom. The van der Waals surface area contributed by atoms with Gasteiger partial charge < -0.3 is 4.57 Å². The molecule has 0 radical (unpaired) electrons. The minimum Gasteiger partial charge on any atom is -0.327 e. The van der Waals surface area contributed by atoms with Crippen LogP contribution in [-0.2, 0) is 0 Å². The van der Waals surface area contributed by atoms with Gasteiger partial charge in [0.2, 0.25) is 0 Å². The SMILES string of the molecule is CC1CCC(C)N1[SiH2][SiH](C)C. The van der Waals surface area contributed by atoms with E-state index < -0.39 is 0 Å². The molecule has 1 rings (SSSR count). The summed E-state index contributed by atoms with van der Waals surface area (Å²) in [5.74, 6) is 0. The van der Waals surface area contributed by atoms with Crippen LogP contribution in [0.1, 0.15) is 26.7 Å². The normalized spacial score (nSPS) is 34.6. The summed E-state index contributed by atoms with van der Waals surface area (Å²) < 4.78 is 2.84. The van der Waals surface area contributed by atoms with Gasteiger partial charge >= 0.3 is 0 Å². The van der Waals surface area contributed by atoms with Crippen LogP contribution in [-0.4, -0.2) is 34.2 Å². The molecule has 1 fully saturated rings. The van der Waals surface area contributed by atoms with Crippen LogP contribution < -0.4 is 0 Å². The molecule has 1 nitrogen and oxygen atoms in total. The van der Waals surface area contributed by atoms with Crippen molar-refractivity contribution in [2.75, 3.05) is 0 Å². The Kier molecular flexibility index (Phi) is 3.34. The van der Waals surface area contributed by atoms with E-state index in [2.05, 4.69) is 31.5 Å². The van der Waals surface area contributed by atoms with Gasteiger partial charge in [0, 0.05) is 8.31 Å². The molecule has 0 N–H and O–H groups in total. The molecular weight excluding hydrogens is 166 g/mol. The van der Waals surface area contributed by atoms with E-state index in [1.54, 1.807) is 0 Å². The quantitative estimate of drug-likeness (QED) is 0.581. The van der Waals surface area contributed by atoms with Crippen molar-refractivity contribution in [1.29, 1.82) is 0 Å². The Bertz CT molecular complexity index is 117. The van der Waals surface area contributed by atoms with E-state index in [4.69, 9.17) is 0 Å². The van der Waals surface area contributed by atoms with Crippen LogP contribution in [0, 0.1) is 0 Å². The molecule has 66 valence electrons. The summed E-state index contributed by atoms with van der Waals surface area (Å²) in [6.45, 7) is 9.83. The molecule has 2 atom stereocenters. The van der Waals surface area contributed by atoms with Crippen molar-refractivity contribution in [3.8, 4) is 0 Å². The Hall–Kier alpha value is 0.394. The van der Waals surface area contributed by atoms with E-state index in [-0.39, 0.29) is 17.5 Å². The molecule has 2 unspecified atom stereocenters. The maximum absolute atomic E-state index is 2.84. The molecule has 0 aliphatic carbocycles. The predicted molar refractivity (Wildman–Crippen MR) is 57.4 cm³/mol. The van der Waals surface area contributed by atoms with Gasteiger partial charge in [0.05, 0.1) is 9.20 Å². The van der Waals surface area contributed by atoms with Gasteiger partial charge in [0.1, 0.15) is 0 Å². The first kappa shape index (κ1) is 9.48. The van der Waals surface area contributed by atoms with Gasteiger partial charge in [0.15, 0.2) is 0 Å². The van der Waals surface area contributed by atoms with Crippen molar-refractivity contribution in [2.24, 2.45) is 0 Å². The second kappa shape index (κ2) is 3.87. The fourth-order valence-corrected chi connectivity index (χ4v) is 8.65. The molecule has 0 aromatic heterocycles. The third-order valence-corrected chi connectivity index (χ3v) is 8.56. The highest BCUT2D eigenvalue weighted by molar-refractivity contribution is 7.10. The second-order valence-electron chi connectivity index (χ2n) is 4.37. The number of rotatable bonds is 2. The van der Waals surface area contributed by atoms with Crippen LogP contribution in [0.2, 0.25) is 13.1 Å². The lowest BCUT2D eigenvalue weighted by molar-refractivity contribution is 0.373. The molecule has 1 aliphatic heterocycles. The standard InChI is InChI=1S/C8H21NSi2/c1-7-5-6-8(2)9(7)10-11(3)4/h7-8,11H,5-6,10H2,1-4H3. The van der Waals surface area contributed by atoms with Gasteiger partial charge in [-0.15, -0.1) is 0 Å². The fourth-order valence-electron chi connectivity index (χ4n) is 2.03. The number of nitrogens with zero attached hydrogens (tertiary/aromatic N) is 1. The zero-order valence-electron chi connectivity index (χ0n) is 8.30. The maximum atomic E-state index is 2.84. The van der Waals surface area contributed by atoms with Gasteiger partial charge in [-0.1, -0.05) is 26.9 Å². The number of hydrogen-bond donors (Lipinski definition) is 0. The summed E-state index contributed by atoms with van der Waals surface area (Å²) in [4.78, 5) is 0. The summed E-state index contributed by atoms with van der Waals surface area (Å²) in [6, 6.07) is 1.85. The van der Waals surface area contributed by atoms with Crippen LogP contribution in [0.4, 0.5) is 0 Å². The lowest BCUT2D eigenvalue weighted by Crippen LogP contribution is -2.42. The smallest absolute Gasteiger partial charge is 0.0834 e. The van der Waals surface area contributed by atoms with Crippen molar-refractivity contribution in [3.63, 3.8) is 0 Å². The molecule has 0 saturated carbocycles. The third-order valence-electron chi connectivity index (χ3n) is 2.71. The molecule has 0 amide bonds. The van der Waals surface area contributed by atoms with Gasteiger partial charge in [-0.3, -0.25) is 0 Å². The molecule has 0 spiro atoms. The van der Waals surface area contributed by atoms with Crippen molar-refractivity contribution in [3.05, 3.63) is 0 Å². The average molecular weight is 187 g/mol.